The largest absolute Gasteiger partial charge is 0.471 e. The number of carbonyl (C=O) groups excluding carboxylic acids is 1. The summed E-state index contributed by atoms with van der Waals surface area (Å²) in [4.78, 5) is 15.2. The average molecular weight is 383 g/mol. The number of carbonyl (C=O) groups is 1. The van der Waals surface area contributed by atoms with E-state index in [2.05, 4.69) is 20.0 Å². The van der Waals surface area contributed by atoms with Gasteiger partial charge in [0.2, 0.25) is 5.82 Å². The van der Waals surface area contributed by atoms with Crippen molar-refractivity contribution in [3.8, 4) is 11.4 Å². The molecule has 140 valence electrons. The van der Waals surface area contributed by atoms with E-state index >= 15 is 0 Å². The fourth-order valence-corrected chi connectivity index (χ4v) is 2.22. The quantitative estimate of drug-likeness (QED) is 0.693. The molecule has 0 aliphatic rings. The highest BCUT2D eigenvalue weighted by Gasteiger charge is 2.38. The Kier molecular flexibility index (Phi) is 4.89. The van der Waals surface area contributed by atoms with Crippen molar-refractivity contribution in [1.29, 1.82) is 0 Å². The topological polar surface area (TPSA) is 68.0 Å². The summed E-state index contributed by atoms with van der Waals surface area (Å²) in [6, 6.07) is 8.59. The summed E-state index contributed by atoms with van der Waals surface area (Å²) in [5.74, 6) is -4.26. The van der Waals surface area contributed by atoms with Gasteiger partial charge in [-0.05, 0) is 29.8 Å². The zero-order valence-electron chi connectivity index (χ0n) is 13.3. The minimum Gasteiger partial charge on any atom is -0.348 e. The molecule has 0 saturated heterocycles. The molecule has 0 radical (unpaired) electrons. The third-order valence-corrected chi connectivity index (χ3v) is 3.48. The fraction of sp³-hybridized carbons (Fsp3) is 0.118. The summed E-state index contributed by atoms with van der Waals surface area (Å²) in [7, 11) is 0. The Labute approximate surface area is 148 Å². The van der Waals surface area contributed by atoms with Crippen molar-refractivity contribution in [3.63, 3.8) is 0 Å². The number of rotatable bonds is 4. The van der Waals surface area contributed by atoms with Crippen molar-refractivity contribution in [2.75, 3.05) is 0 Å². The van der Waals surface area contributed by atoms with Crippen LogP contribution in [0.3, 0.4) is 0 Å². The number of hydrogen-bond donors (Lipinski definition) is 1. The first-order chi connectivity index (χ1) is 12.7. The molecule has 10 heteroatoms. The fourth-order valence-electron chi connectivity index (χ4n) is 2.22. The van der Waals surface area contributed by atoms with Gasteiger partial charge in [0, 0.05) is 12.1 Å². The molecule has 2 aromatic carbocycles. The van der Waals surface area contributed by atoms with Crippen molar-refractivity contribution in [1.82, 2.24) is 15.5 Å². The summed E-state index contributed by atoms with van der Waals surface area (Å²) < 4.78 is 68.8. The summed E-state index contributed by atoms with van der Waals surface area (Å²) in [6.45, 7) is -0.0302. The van der Waals surface area contributed by atoms with Crippen LogP contribution >= 0.6 is 0 Å². The first-order valence-corrected chi connectivity index (χ1v) is 7.47. The van der Waals surface area contributed by atoms with Gasteiger partial charge in [0.1, 0.15) is 11.6 Å². The molecule has 0 atom stereocenters. The van der Waals surface area contributed by atoms with Gasteiger partial charge < -0.3 is 9.84 Å². The van der Waals surface area contributed by atoms with Crippen molar-refractivity contribution in [3.05, 3.63) is 71.1 Å². The number of nitrogens with zero attached hydrogens (tertiary/aromatic N) is 2. The van der Waals surface area contributed by atoms with Gasteiger partial charge in [-0.25, -0.2) is 8.78 Å². The molecule has 0 fully saturated rings. The Morgan fingerprint density at radius 2 is 1.89 bits per heavy atom. The molecular formula is C17H10F5N3O2. The maximum Gasteiger partial charge on any atom is 0.471 e. The molecule has 1 heterocycles. The molecule has 3 aromatic rings. The maximum absolute atomic E-state index is 14.2. The van der Waals surface area contributed by atoms with Crippen LogP contribution in [-0.4, -0.2) is 16.0 Å². The van der Waals surface area contributed by atoms with E-state index in [0.717, 1.165) is 12.1 Å². The summed E-state index contributed by atoms with van der Waals surface area (Å²) in [5.41, 5.74) is 0.0509. The lowest BCUT2D eigenvalue weighted by Gasteiger charge is -2.07. The number of benzene rings is 2. The molecule has 0 saturated carbocycles. The van der Waals surface area contributed by atoms with Crippen LogP contribution < -0.4 is 5.32 Å². The predicted molar refractivity (Wildman–Crippen MR) is 82.3 cm³/mol. The Morgan fingerprint density at radius 1 is 1.11 bits per heavy atom. The van der Waals surface area contributed by atoms with E-state index in [1.807, 2.05) is 0 Å². The van der Waals surface area contributed by atoms with Crippen LogP contribution in [0.1, 0.15) is 21.8 Å². The zero-order valence-corrected chi connectivity index (χ0v) is 13.3. The second kappa shape index (κ2) is 7.14. The van der Waals surface area contributed by atoms with E-state index in [1.54, 1.807) is 6.07 Å². The molecular weight excluding hydrogens is 373 g/mol. The van der Waals surface area contributed by atoms with Gasteiger partial charge >= 0.3 is 12.1 Å². The van der Waals surface area contributed by atoms with Gasteiger partial charge in [-0.15, -0.1) is 0 Å². The Balaban J connectivity index is 1.74. The highest BCUT2D eigenvalue weighted by molar-refractivity contribution is 5.94. The van der Waals surface area contributed by atoms with E-state index < -0.39 is 35.4 Å². The highest BCUT2D eigenvalue weighted by Crippen LogP contribution is 2.29. The molecule has 0 aliphatic carbocycles. The maximum atomic E-state index is 14.2. The average Bonchev–Trinajstić information content (AvgIpc) is 3.10. The number of amides is 1. The van der Waals surface area contributed by atoms with Crippen molar-refractivity contribution in [2.45, 2.75) is 12.7 Å². The van der Waals surface area contributed by atoms with Crippen LogP contribution in [-0.2, 0) is 12.7 Å². The second-order valence-corrected chi connectivity index (χ2v) is 5.43. The van der Waals surface area contributed by atoms with E-state index in [4.69, 9.17) is 0 Å². The standard InChI is InChI=1S/C17H10F5N3O2/c18-11-3-1-2-9(6-11)8-23-15(26)12-5-4-10(7-13(12)19)14-24-16(27-25-14)17(20,21)22/h1-7H,8H2,(H,23,26). The van der Waals surface area contributed by atoms with Gasteiger partial charge in [0.05, 0.1) is 5.56 Å². The lowest BCUT2D eigenvalue weighted by molar-refractivity contribution is -0.159. The Hall–Kier alpha value is -3.30. The van der Waals surface area contributed by atoms with Crippen LogP contribution in [0.15, 0.2) is 47.0 Å². The van der Waals surface area contributed by atoms with Gasteiger partial charge in [-0.1, -0.05) is 23.4 Å². The lowest BCUT2D eigenvalue weighted by Crippen LogP contribution is -2.23. The minimum absolute atomic E-state index is 0.0302. The molecule has 1 amide bonds. The van der Waals surface area contributed by atoms with Crippen LogP contribution in [0, 0.1) is 11.6 Å². The van der Waals surface area contributed by atoms with Gasteiger partial charge in [0.25, 0.3) is 5.91 Å². The van der Waals surface area contributed by atoms with Gasteiger partial charge in [-0.3, -0.25) is 4.79 Å². The van der Waals surface area contributed by atoms with E-state index in [1.165, 1.54) is 24.3 Å². The monoisotopic (exact) mass is 383 g/mol. The van der Waals surface area contributed by atoms with E-state index in [-0.39, 0.29) is 17.7 Å². The molecule has 0 unspecified atom stereocenters. The summed E-state index contributed by atoms with van der Waals surface area (Å²) >= 11 is 0. The smallest absolute Gasteiger partial charge is 0.348 e. The molecule has 0 bridgehead atoms. The minimum atomic E-state index is -4.82. The van der Waals surface area contributed by atoms with Crippen LogP contribution in [0.25, 0.3) is 11.4 Å². The number of nitrogens with one attached hydrogen (secondary N) is 1. The highest BCUT2D eigenvalue weighted by atomic mass is 19.4. The first kappa shape index (κ1) is 18.5. The normalized spacial score (nSPS) is 11.4. The zero-order chi connectivity index (χ0) is 19.6. The van der Waals surface area contributed by atoms with Crippen molar-refractivity contribution >= 4 is 5.91 Å². The van der Waals surface area contributed by atoms with Crippen LogP contribution in [0.5, 0.6) is 0 Å². The van der Waals surface area contributed by atoms with Gasteiger partial charge in [0.15, 0.2) is 0 Å². The summed E-state index contributed by atoms with van der Waals surface area (Å²) in [5, 5.41) is 5.57. The van der Waals surface area contributed by atoms with E-state index in [0.29, 0.717) is 5.56 Å². The second-order valence-electron chi connectivity index (χ2n) is 5.43. The Bertz CT molecular complexity index is 985. The molecule has 1 aromatic heterocycles. The molecule has 27 heavy (non-hydrogen) atoms. The molecule has 5 nitrogen and oxygen atoms in total. The third kappa shape index (κ3) is 4.27. The Morgan fingerprint density at radius 3 is 2.52 bits per heavy atom. The summed E-state index contributed by atoms with van der Waals surface area (Å²) in [6.07, 6.45) is -4.82. The number of halogens is 5. The molecule has 1 N–H and O–H groups in total. The number of hydrogen-bond acceptors (Lipinski definition) is 4. The number of alkyl halides is 3. The number of aromatic nitrogens is 2. The SMILES string of the molecule is O=C(NCc1cccc(F)c1)c1ccc(-c2noc(C(F)(F)F)n2)cc1F. The third-order valence-electron chi connectivity index (χ3n) is 3.48. The van der Waals surface area contributed by atoms with E-state index in [9.17, 15) is 26.7 Å². The molecule has 3 rings (SSSR count). The van der Waals surface area contributed by atoms with Gasteiger partial charge in [-0.2, -0.15) is 18.2 Å². The van der Waals surface area contributed by atoms with Crippen molar-refractivity contribution < 1.29 is 31.3 Å². The van der Waals surface area contributed by atoms with Crippen molar-refractivity contribution in [2.24, 2.45) is 0 Å². The predicted octanol–water partition coefficient (Wildman–Crippen LogP) is 3.96. The first-order valence-electron chi connectivity index (χ1n) is 7.47. The molecule has 0 aliphatic heterocycles. The van der Waals surface area contributed by atoms with Crippen LogP contribution in [0.2, 0.25) is 0 Å². The lowest BCUT2D eigenvalue weighted by atomic mass is 10.1. The molecule has 0 spiro atoms. The van der Waals surface area contributed by atoms with Crippen LogP contribution in [0.4, 0.5) is 22.0 Å².